The summed E-state index contributed by atoms with van der Waals surface area (Å²) in [5.41, 5.74) is 9.71. The van der Waals surface area contributed by atoms with Crippen molar-refractivity contribution in [2.24, 2.45) is 0 Å². The Morgan fingerprint density at radius 1 is 0.811 bits per heavy atom. The molecule has 4 aromatic rings. The van der Waals surface area contributed by atoms with E-state index in [1.54, 1.807) is 0 Å². The molecular weight excluding hydrogens is 571 g/mol. The molecule has 0 aliphatic heterocycles. The third kappa shape index (κ3) is 7.91. The highest BCUT2D eigenvalue weighted by Gasteiger charge is 2.10. The first-order valence-electron chi connectivity index (χ1n) is 12.5. The Hall–Kier alpha value is -3.16. The molecule has 0 fully saturated rings. The van der Waals surface area contributed by atoms with Crippen LogP contribution in [-0.2, 0) is 11.2 Å². The van der Waals surface area contributed by atoms with Crippen LogP contribution in [0.15, 0.2) is 91.0 Å². The number of carbonyl (C=O) groups excluding carboxylic acids is 1. The van der Waals surface area contributed by atoms with Gasteiger partial charge in [-0.15, -0.1) is 24.0 Å². The summed E-state index contributed by atoms with van der Waals surface area (Å²) in [5, 5.41) is 16.8. The van der Waals surface area contributed by atoms with Crippen molar-refractivity contribution in [3.05, 3.63) is 113 Å². The van der Waals surface area contributed by atoms with Crippen LogP contribution >= 0.6 is 24.0 Å². The Kier molecular flexibility index (Phi) is 10.7. The van der Waals surface area contributed by atoms with Gasteiger partial charge >= 0.3 is 0 Å². The minimum atomic E-state index is -0.528. The van der Waals surface area contributed by atoms with Crippen LogP contribution in [0.1, 0.15) is 47.6 Å². The highest BCUT2D eigenvalue weighted by atomic mass is 127. The van der Waals surface area contributed by atoms with E-state index >= 15 is 0 Å². The molecule has 4 rings (SSSR count). The molecule has 0 bridgehead atoms. The molecule has 1 atom stereocenters. The van der Waals surface area contributed by atoms with Crippen molar-refractivity contribution in [2.75, 3.05) is 10.6 Å². The van der Waals surface area contributed by atoms with Gasteiger partial charge in [-0.3, -0.25) is 4.79 Å². The second kappa shape index (κ2) is 14.0. The van der Waals surface area contributed by atoms with Crippen LogP contribution in [0.2, 0.25) is 0 Å². The standard InChI is InChI=1S/C32H34N2O2.HI/c1-23-13-17-29(21-30(23)26-9-4-3-5-10-26)34-28-18-14-25(15-19-28)8-6-7-11-32(36)27-16-12-24(2)31(20-27)33-22-35;/h3-5,9-10,12-22,32,34,36H,6-8,11H2,1-2H3,(H,33,35);1H/t32-;/m0./s1. The smallest absolute Gasteiger partial charge is 0.211 e. The normalized spacial score (nSPS) is 11.3. The van der Waals surface area contributed by atoms with Gasteiger partial charge in [-0.1, -0.05) is 67.1 Å². The first kappa shape index (κ1) is 28.4. The molecule has 3 N–H and O–H groups in total. The van der Waals surface area contributed by atoms with Crippen molar-refractivity contribution in [2.45, 2.75) is 45.6 Å². The minimum Gasteiger partial charge on any atom is -0.388 e. The minimum absolute atomic E-state index is 0. The van der Waals surface area contributed by atoms with E-state index in [1.807, 2.05) is 31.2 Å². The topological polar surface area (TPSA) is 61.4 Å². The van der Waals surface area contributed by atoms with Crippen LogP contribution in [0.4, 0.5) is 17.1 Å². The van der Waals surface area contributed by atoms with Crippen molar-refractivity contribution < 1.29 is 9.90 Å². The summed E-state index contributed by atoms with van der Waals surface area (Å²) in [6.45, 7) is 4.08. The molecular formula is C32H35IN2O2. The lowest BCUT2D eigenvalue weighted by Crippen LogP contribution is -2.02. The fraction of sp³-hybridized carbons (Fsp3) is 0.219. The van der Waals surface area contributed by atoms with Gasteiger partial charge in [0.1, 0.15) is 0 Å². The van der Waals surface area contributed by atoms with Gasteiger partial charge in [-0.25, -0.2) is 0 Å². The number of hydrogen-bond donors (Lipinski definition) is 3. The molecule has 0 aromatic heterocycles. The average molecular weight is 607 g/mol. The highest BCUT2D eigenvalue weighted by molar-refractivity contribution is 14.0. The van der Waals surface area contributed by atoms with Gasteiger partial charge in [0.25, 0.3) is 0 Å². The number of carbonyl (C=O) groups is 1. The molecule has 192 valence electrons. The third-order valence-corrected chi connectivity index (χ3v) is 6.62. The maximum atomic E-state index is 10.8. The van der Waals surface area contributed by atoms with Gasteiger partial charge in [0.05, 0.1) is 6.10 Å². The summed E-state index contributed by atoms with van der Waals surface area (Å²) in [7, 11) is 0. The van der Waals surface area contributed by atoms with Crippen LogP contribution in [0.3, 0.4) is 0 Å². The van der Waals surface area contributed by atoms with E-state index in [4.69, 9.17) is 0 Å². The van der Waals surface area contributed by atoms with E-state index in [1.165, 1.54) is 22.3 Å². The number of aryl methyl sites for hydroxylation is 3. The molecule has 4 aromatic carbocycles. The van der Waals surface area contributed by atoms with Crippen molar-refractivity contribution in [1.29, 1.82) is 0 Å². The number of rotatable bonds is 11. The molecule has 0 saturated heterocycles. The number of nitrogens with one attached hydrogen (secondary N) is 2. The molecule has 0 heterocycles. The molecule has 4 nitrogen and oxygen atoms in total. The lowest BCUT2D eigenvalue weighted by atomic mass is 9.99. The number of halogens is 1. The zero-order valence-electron chi connectivity index (χ0n) is 21.4. The molecule has 0 radical (unpaired) electrons. The third-order valence-electron chi connectivity index (χ3n) is 6.62. The van der Waals surface area contributed by atoms with Crippen LogP contribution in [-0.4, -0.2) is 11.5 Å². The lowest BCUT2D eigenvalue weighted by molar-refractivity contribution is -0.105. The first-order valence-corrected chi connectivity index (χ1v) is 12.5. The van der Waals surface area contributed by atoms with Crippen LogP contribution in [0.5, 0.6) is 0 Å². The quantitative estimate of drug-likeness (QED) is 0.0914. The predicted octanol–water partition coefficient (Wildman–Crippen LogP) is 8.35. The molecule has 0 aliphatic carbocycles. The predicted molar refractivity (Wildman–Crippen MR) is 165 cm³/mol. The number of unbranched alkanes of at least 4 members (excludes halogenated alkanes) is 1. The van der Waals surface area contributed by atoms with Gasteiger partial charge in [-0.2, -0.15) is 0 Å². The van der Waals surface area contributed by atoms with E-state index < -0.39 is 6.10 Å². The van der Waals surface area contributed by atoms with E-state index in [9.17, 15) is 9.90 Å². The summed E-state index contributed by atoms with van der Waals surface area (Å²) in [6, 6.07) is 31.2. The van der Waals surface area contributed by atoms with E-state index in [-0.39, 0.29) is 24.0 Å². The van der Waals surface area contributed by atoms with Crippen LogP contribution in [0.25, 0.3) is 11.1 Å². The molecule has 5 heteroatoms. The van der Waals surface area contributed by atoms with Crippen LogP contribution < -0.4 is 10.6 Å². The summed E-state index contributed by atoms with van der Waals surface area (Å²) < 4.78 is 0. The van der Waals surface area contributed by atoms with Crippen molar-refractivity contribution in [3.63, 3.8) is 0 Å². The summed E-state index contributed by atoms with van der Waals surface area (Å²) >= 11 is 0. The summed E-state index contributed by atoms with van der Waals surface area (Å²) in [4.78, 5) is 10.8. The van der Waals surface area contributed by atoms with Gasteiger partial charge < -0.3 is 15.7 Å². The molecule has 37 heavy (non-hydrogen) atoms. The van der Waals surface area contributed by atoms with Gasteiger partial charge in [0.2, 0.25) is 6.41 Å². The Bertz CT molecular complexity index is 1290. The Labute approximate surface area is 237 Å². The Morgan fingerprint density at radius 3 is 2.24 bits per heavy atom. The largest absolute Gasteiger partial charge is 0.388 e. The van der Waals surface area contributed by atoms with Crippen molar-refractivity contribution in [3.8, 4) is 11.1 Å². The van der Waals surface area contributed by atoms with E-state index in [0.29, 0.717) is 12.8 Å². The molecule has 0 spiro atoms. The van der Waals surface area contributed by atoms with E-state index in [0.717, 1.165) is 47.5 Å². The zero-order valence-corrected chi connectivity index (χ0v) is 23.7. The Balaban J connectivity index is 0.00000380. The fourth-order valence-electron chi connectivity index (χ4n) is 4.45. The number of amides is 1. The molecule has 0 aliphatic rings. The van der Waals surface area contributed by atoms with Crippen LogP contribution in [0, 0.1) is 13.8 Å². The van der Waals surface area contributed by atoms with Gasteiger partial charge in [-0.05, 0) is 96.8 Å². The lowest BCUT2D eigenvalue weighted by Gasteiger charge is -2.14. The monoisotopic (exact) mass is 606 g/mol. The first-order chi connectivity index (χ1) is 17.5. The summed E-state index contributed by atoms with van der Waals surface area (Å²) in [6.07, 6.45) is 3.74. The maximum absolute atomic E-state index is 10.8. The molecule has 0 unspecified atom stereocenters. The molecule has 1 amide bonds. The SMILES string of the molecule is Cc1ccc([C@@H](O)CCCCc2ccc(Nc3ccc(C)c(-c4ccccc4)c3)cc2)cc1NC=O.I. The maximum Gasteiger partial charge on any atom is 0.211 e. The van der Waals surface area contributed by atoms with Gasteiger partial charge in [0, 0.05) is 17.1 Å². The highest BCUT2D eigenvalue weighted by Crippen LogP contribution is 2.29. The number of aliphatic hydroxyl groups excluding tert-OH is 1. The zero-order chi connectivity index (χ0) is 25.3. The number of aliphatic hydroxyl groups is 1. The van der Waals surface area contributed by atoms with E-state index in [2.05, 4.69) is 84.3 Å². The molecule has 0 saturated carbocycles. The Morgan fingerprint density at radius 2 is 1.51 bits per heavy atom. The number of anilines is 3. The second-order valence-corrected chi connectivity index (χ2v) is 9.32. The number of benzene rings is 4. The average Bonchev–Trinajstić information content (AvgIpc) is 2.90. The summed E-state index contributed by atoms with van der Waals surface area (Å²) in [5.74, 6) is 0. The second-order valence-electron chi connectivity index (χ2n) is 9.32. The number of hydrogen-bond acceptors (Lipinski definition) is 3. The van der Waals surface area contributed by atoms with Gasteiger partial charge in [0.15, 0.2) is 0 Å². The van der Waals surface area contributed by atoms with Crippen molar-refractivity contribution >= 4 is 47.4 Å². The van der Waals surface area contributed by atoms with Crippen molar-refractivity contribution in [1.82, 2.24) is 0 Å². The fourth-order valence-corrected chi connectivity index (χ4v) is 4.45.